The van der Waals surface area contributed by atoms with Gasteiger partial charge in [-0.25, -0.2) is 4.39 Å². The van der Waals surface area contributed by atoms with Gasteiger partial charge in [-0.1, -0.05) is 6.07 Å². The Hall–Kier alpha value is -0.930. The van der Waals surface area contributed by atoms with Crippen LogP contribution in [0.3, 0.4) is 0 Å². The summed E-state index contributed by atoms with van der Waals surface area (Å²) >= 11 is 0. The molecular formula is C16H20FNO. The van der Waals surface area contributed by atoms with Crippen LogP contribution in [0.1, 0.15) is 35.6 Å². The van der Waals surface area contributed by atoms with Crippen molar-refractivity contribution in [1.82, 2.24) is 4.90 Å². The molecule has 2 aliphatic heterocycles. The van der Waals surface area contributed by atoms with E-state index in [0.717, 1.165) is 44.7 Å². The summed E-state index contributed by atoms with van der Waals surface area (Å²) in [7, 11) is 0. The molecule has 0 bridgehead atoms. The van der Waals surface area contributed by atoms with Gasteiger partial charge in [0.2, 0.25) is 0 Å². The van der Waals surface area contributed by atoms with Crippen molar-refractivity contribution < 1.29 is 9.13 Å². The maximum absolute atomic E-state index is 13.6. The van der Waals surface area contributed by atoms with Crippen LogP contribution in [0, 0.1) is 18.2 Å². The highest BCUT2D eigenvalue weighted by atomic mass is 19.1. The summed E-state index contributed by atoms with van der Waals surface area (Å²) in [4.78, 5) is 2.57. The van der Waals surface area contributed by atoms with Gasteiger partial charge in [0, 0.05) is 31.2 Å². The summed E-state index contributed by atoms with van der Waals surface area (Å²) in [6, 6.07) is 4.33. The molecule has 1 aliphatic carbocycles. The van der Waals surface area contributed by atoms with Crippen molar-refractivity contribution in [2.45, 2.75) is 32.2 Å². The van der Waals surface area contributed by atoms with Gasteiger partial charge in [0.1, 0.15) is 5.82 Å². The first kappa shape index (κ1) is 11.9. The largest absolute Gasteiger partial charge is 0.381 e. The summed E-state index contributed by atoms with van der Waals surface area (Å²) < 4.78 is 19.1. The van der Waals surface area contributed by atoms with Gasteiger partial charge in [0.15, 0.2) is 0 Å². The van der Waals surface area contributed by atoms with Gasteiger partial charge in [-0.15, -0.1) is 0 Å². The molecule has 0 radical (unpaired) electrons. The summed E-state index contributed by atoms with van der Waals surface area (Å²) in [5.41, 5.74) is 3.81. The van der Waals surface area contributed by atoms with Crippen LogP contribution in [0.25, 0.3) is 0 Å². The summed E-state index contributed by atoms with van der Waals surface area (Å²) in [5.74, 6) is -0.0522. The predicted octanol–water partition coefficient (Wildman–Crippen LogP) is 2.84. The summed E-state index contributed by atoms with van der Waals surface area (Å²) in [6.45, 7) is 6.05. The highest BCUT2D eigenvalue weighted by Crippen LogP contribution is 2.46. The Kier molecular flexibility index (Phi) is 2.52. The fourth-order valence-electron chi connectivity index (χ4n) is 4.03. The minimum atomic E-state index is -0.0522. The van der Waals surface area contributed by atoms with E-state index in [9.17, 15) is 4.39 Å². The van der Waals surface area contributed by atoms with E-state index < -0.39 is 0 Å². The Morgan fingerprint density at radius 3 is 2.95 bits per heavy atom. The Balaban J connectivity index is 1.55. The maximum atomic E-state index is 13.6. The molecule has 1 atom stereocenters. The molecular weight excluding hydrogens is 241 g/mol. The quantitative estimate of drug-likeness (QED) is 0.771. The Morgan fingerprint density at radius 1 is 1.37 bits per heavy atom. The van der Waals surface area contributed by atoms with E-state index >= 15 is 0 Å². The van der Waals surface area contributed by atoms with E-state index in [2.05, 4.69) is 11.0 Å². The molecule has 0 amide bonds. The van der Waals surface area contributed by atoms with Crippen LogP contribution in [0.5, 0.6) is 0 Å². The number of nitrogens with zero attached hydrogens (tertiary/aromatic N) is 1. The van der Waals surface area contributed by atoms with Crippen molar-refractivity contribution >= 4 is 0 Å². The van der Waals surface area contributed by atoms with Gasteiger partial charge in [0.05, 0.1) is 6.61 Å². The maximum Gasteiger partial charge on any atom is 0.126 e. The second-order valence-electron chi connectivity index (χ2n) is 6.56. The third kappa shape index (κ3) is 1.75. The fraction of sp³-hybridized carbons (Fsp3) is 0.625. The third-order valence-corrected chi connectivity index (χ3v) is 5.17. The van der Waals surface area contributed by atoms with Crippen molar-refractivity contribution in [3.8, 4) is 0 Å². The first-order valence-corrected chi connectivity index (χ1v) is 7.28. The normalized spacial score (nSPS) is 28.6. The SMILES string of the molecule is Cc1cc2c(cc1F)CCC2N1CC2(CCOC2)C1. The zero-order valence-corrected chi connectivity index (χ0v) is 11.4. The number of ether oxygens (including phenoxy) is 1. The van der Waals surface area contributed by atoms with E-state index in [4.69, 9.17) is 4.74 Å². The molecule has 1 spiro atoms. The lowest BCUT2D eigenvalue weighted by Gasteiger charge is -2.50. The number of rotatable bonds is 1. The first-order valence-electron chi connectivity index (χ1n) is 7.28. The minimum Gasteiger partial charge on any atom is -0.381 e. The van der Waals surface area contributed by atoms with Gasteiger partial charge >= 0.3 is 0 Å². The van der Waals surface area contributed by atoms with Crippen molar-refractivity contribution in [2.75, 3.05) is 26.3 Å². The van der Waals surface area contributed by atoms with Gasteiger partial charge in [-0.2, -0.15) is 0 Å². The number of likely N-dealkylation sites (tertiary alicyclic amines) is 1. The van der Waals surface area contributed by atoms with Crippen LogP contribution in [-0.4, -0.2) is 31.2 Å². The lowest BCUT2D eigenvalue weighted by atomic mass is 9.78. The lowest BCUT2D eigenvalue weighted by molar-refractivity contribution is -0.0362. The monoisotopic (exact) mass is 261 g/mol. The first-order chi connectivity index (χ1) is 9.17. The van der Waals surface area contributed by atoms with Crippen LogP contribution in [-0.2, 0) is 11.2 Å². The Bertz CT molecular complexity index is 514. The molecule has 1 aromatic carbocycles. The average Bonchev–Trinajstić information content (AvgIpc) is 2.94. The van der Waals surface area contributed by atoms with Gasteiger partial charge in [-0.3, -0.25) is 4.90 Å². The topological polar surface area (TPSA) is 12.5 Å². The summed E-state index contributed by atoms with van der Waals surface area (Å²) in [6.07, 6.45) is 3.39. The molecule has 4 rings (SSSR count). The Labute approximate surface area is 113 Å². The summed E-state index contributed by atoms with van der Waals surface area (Å²) in [5, 5.41) is 0. The third-order valence-electron chi connectivity index (χ3n) is 5.17. The molecule has 2 fully saturated rings. The van der Waals surface area contributed by atoms with Crippen LogP contribution in [0.4, 0.5) is 4.39 Å². The van der Waals surface area contributed by atoms with E-state index in [1.165, 1.54) is 17.5 Å². The zero-order valence-electron chi connectivity index (χ0n) is 11.4. The van der Waals surface area contributed by atoms with E-state index in [0.29, 0.717) is 11.5 Å². The second-order valence-corrected chi connectivity index (χ2v) is 6.56. The highest BCUT2D eigenvalue weighted by Gasteiger charge is 2.48. The number of fused-ring (bicyclic) bond motifs is 1. The molecule has 2 saturated heterocycles. The van der Waals surface area contributed by atoms with Gasteiger partial charge < -0.3 is 4.74 Å². The molecule has 3 aliphatic rings. The number of halogens is 1. The van der Waals surface area contributed by atoms with Crippen LogP contribution in [0.15, 0.2) is 12.1 Å². The van der Waals surface area contributed by atoms with Crippen LogP contribution in [0.2, 0.25) is 0 Å². The number of benzene rings is 1. The molecule has 0 N–H and O–H groups in total. The predicted molar refractivity (Wildman–Crippen MR) is 71.6 cm³/mol. The standard InChI is InChI=1S/C16H20FNO/c1-11-6-13-12(7-14(11)17)2-3-15(13)18-8-16(9-18)4-5-19-10-16/h6-7,15H,2-5,8-10H2,1H3. The smallest absolute Gasteiger partial charge is 0.126 e. The molecule has 2 nitrogen and oxygen atoms in total. The number of hydrogen-bond acceptors (Lipinski definition) is 2. The number of hydrogen-bond donors (Lipinski definition) is 0. The molecule has 1 aromatic rings. The number of aryl methyl sites for hydroxylation is 2. The van der Waals surface area contributed by atoms with Gasteiger partial charge in [0.25, 0.3) is 0 Å². The molecule has 2 heterocycles. The minimum absolute atomic E-state index is 0.0522. The van der Waals surface area contributed by atoms with E-state index in [1.54, 1.807) is 6.07 Å². The van der Waals surface area contributed by atoms with Crippen molar-refractivity contribution in [3.05, 3.63) is 34.6 Å². The van der Waals surface area contributed by atoms with Gasteiger partial charge in [-0.05, 0) is 48.9 Å². The van der Waals surface area contributed by atoms with E-state index in [1.807, 2.05) is 6.92 Å². The second kappa shape index (κ2) is 4.03. The highest BCUT2D eigenvalue weighted by molar-refractivity contribution is 5.39. The average molecular weight is 261 g/mol. The fourth-order valence-corrected chi connectivity index (χ4v) is 4.03. The Morgan fingerprint density at radius 2 is 2.21 bits per heavy atom. The molecule has 0 saturated carbocycles. The van der Waals surface area contributed by atoms with Crippen molar-refractivity contribution in [3.63, 3.8) is 0 Å². The molecule has 3 heteroatoms. The molecule has 102 valence electrons. The van der Waals surface area contributed by atoms with Crippen molar-refractivity contribution in [1.29, 1.82) is 0 Å². The molecule has 1 unspecified atom stereocenters. The zero-order chi connectivity index (χ0) is 13.0. The lowest BCUT2D eigenvalue weighted by Crippen LogP contribution is -2.57. The van der Waals surface area contributed by atoms with Crippen LogP contribution < -0.4 is 0 Å². The molecule has 0 aromatic heterocycles. The van der Waals surface area contributed by atoms with Crippen molar-refractivity contribution in [2.24, 2.45) is 5.41 Å². The van der Waals surface area contributed by atoms with Crippen LogP contribution >= 0.6 is 0 Å². The van der Waals surface area contributed by atoms with E-state index in [-0.39, 0.29) is 5.82 Å². The molecule has 19 heavy (non-hydrogen) atoms.